The van der Waals surface area contributed by atoms with Gasteiger partial charge < -0.3 is 61.9 Å². The van der Waals surface area contributed by atoms with E-state index >= 15 is 0 Å². The Hall–Kier alpha value is -1.50. The molecule has 47 heavy (non-hydrogen) atoms. The molecule has 1 fully saturated rings. The minimum Gasteiger partial charge on any atom is -0.480 e. The molecule has 1 aliphatic heterocycles. The quantitative estimate of drug-likeness (QED) is 0.0789. The summed E-state index contributed by atoms with van der Waals surface area (Å²) in [5.41, 5.74) is 0. The molecule has 0 spiro atoms. The average Bonchev–Trinajstić information content (AvgIpc) is 3.66. The summed E-state index contributed by atoms with van der Waals surface area (Å²) in [5.74, 6) is -1.33. The van der Waals surface area contributed by atoms with E-state index in [1.165, 1.54) is 12.8 Å². The van der Waals surface area contributed by atoms with E-state index in [0.717, 1.165) is 39.3 Å². The van der Waals surface area contributed by atoms with Crippen molar-refractivity contribution in [2.45, 2.75) is 46.5 Å². The van der Waals surface area contributed by atoms with Crippen LogP contribution in [0.4, 0.5) is 0 Å². The van der Waals surface area contributed by atoms with Crippen LogP contribution in [-0.2, 0) is 66.4 Å². The third kappa shape index (κ3) is 49.0. The van der Waals surface area contributed by atoms with E-state index in [1.807, 2.05) is 0 Å². The minimum absolute atomic E-state index is 0.0347. The lowest BCUT2D eigenvalue weighted by atomic mass is 10.4. The zero-order valence-electron chi connectivity index (χ0n) is 29.3. The van der Waals surface area contributed by atoms with E-state index in [-0.39, 0.29) is 25.8 Å². The minimum atomic E-state index is -0.978. The van der Waals surface area contributed by atoms with Crippen molar-refractivity contribution in [3.05, 3.63) is 0 Å². The summed E-state index contributed by atoms with van der Waals surface area (Å²) in [6, 6.07) is 0. The lowest BCUT2D eigenvalue weighted by molar-refractivity contribution is -0.149. The molecular weight excluding hydrogens is 624 g/mol. The van der Waals surface area contributed by atoms with E-state index in [1.54, 1.807) is 6.92 Å². The van der Waals surface area contributed by atoms with Crippen molar-refractivity contribution < 1.29 is 71.5 Å². The van der Waals surface area contributed by atoms with E-state index in [0.29, 0.717) is 106 Å². The van der Waals surface area contributed by atoms with Crippen LogP contribution in [0.3, 0.4) is 0 Å². The highest BCUT2D eigenvalue weighted by molar-refractivity contribution is 5.70. The summed E-state index contributed by atoms with van der Waals surface area (Å²) in [4.78, 5) is 21.1. The van der Waals surface area contributed by atoms with Crippen molar-refractivity contribution in [3.8, 4) is 0 Å². The second-order valence-corrected chi connectivity index (χ2v) is 9.52. The summed E-state index contributed by atoms with van der Waals surface area (Å²) in [6.07, 6.45) is 4.60. The first-order chi connectivity index (χ1) is 23.1. The van der Waals surface area contributed by atoms with Crippen molar-refractivity contribution in [3.63, 3.8) is 0 Å². The maximum atomic E-state index is 10.9. The molecule has 0 bridgehead atoms. The molecule has 0 saturated carbocycles. The molecule has 0 aromatic heterocycles. The summed E-state index contributed by atoms with van der Waals surface area (Å²) in [6.45, 7) is 17.4. The molecule has 15 nitrogen and oxygen atoms in total. The maximum Gasteiger partial charge on any atom is 0.332 e. The first kappa shape index (κ1) is 47.6. The number of ether oxygens (including phenoxy) is 12. The van der Waals surface area contributed by atoms with Crippen molar-refractivity contribution in [2.24, 2.45) is 0 Å². The number of carbonyl (C=O) groups is 2. The van der Waals surface area contributed by atoms with E-state index < -0.39 is 5.97 Å². The molecular formula is C32H64O15. The maximum absolute atomic E-state index is 10.9. The predicted molar refractivity (Wildman–Crippen MR) is 173 cm³/mol. The Morgan fingerprint density at radius 2 is 0.766 bits per heavy atom. The molecule has 0 atom stereocenters. The number of esters is 1. The van der Waals surface area contributed by atoms with Crippen LogP contribution in [0, 0.1) is 0 Å². The number of hydrogen-bond donors (Lipinski definition) is 1. The molecule has 0 aromatic rings. The zero-order chi connectivity index (χ0) is 34.7. The SMILES string of the molecule is C1CCOC1.CCCOCCOCCOCCOCCOCC(=O)O.CCCOCCOCCOCCOCCOCC(=O)OCC. The van der Waals surface area contributed by atoms with Crippen molar-refractivity contribution >= 4 is 11.9 Å². The van der Waals surface area contributed by atoms with Crippen LogP contribution in [0.15, 0.2) is 0 Å². The average molecular weight is 689 g/mol. The lowest BCUT2D eigenvalue weighted by Crippen LogP contribution is -2.16. The molecule has 0 amide bonds. The van der Waals surface area contributed by atoms with Gasteiger partial charge in [-0.25, -0.2) is 9.59 Å². The molecule has 0 aliphatic carbocycles. The molecule has 1 N–H and O–H groups in total. The van der Waals surface area contributed by atoms with Gasteiger partial charge in [-0.1, -0.05) is 13.8 Å². The normalized spacial score (nSPS) is 12.2. The van der Waals surface area contributed by atoms with Gasteiger partial charge in [-0.2, -0.15) is 0 Å². The van der Waals surface area contributed by atoms with Crippen LogP contribution in [0.1, 0.15) is 46.5 Å². The highest BCUT2D eigenvalue weighted by Crippen LogP contribution is 1.98. The lowest BCUT2D eigenvalue weighted by Gasteiger charge is -2.07. The Kier molecular flexibility index (Phi) is 45.1. The van der Waals surface area contributed by atoms with Gasteiger partial charge in [0.15, 0.2) is 0 Å². The summed E-state index contributed by atoms with van der Waals surface area (Å²) < 4.78 is 61.8. The van der Waals surface area contributed by atoms with Crippen LogP contribution in [-0.4, -0.2) is 169 Å². The summed E-state index contributed by atoms with van der Waals surface area (Å²) in [5, 5.41) is 8.31. The molecule has 1 rings (SSSR count). The van der Waals surface area contributed by atoms with E-state index in [9.17, 15) is 9.59 Å². The predicted octanol–water partition coefficient (Wildman–Crippen LogP) is 2.40. The third-order valence-corrected chi connectivity index (χ3v) is 5.25. The van der Waals surface area contributed by atoms with Gasteiger partial charge in [-0.3, -0.25) is 0 Å². The van der Waals surface area contributed by atoms with Crippen LogP contribution >= 0.6 is 0 Å². The molecule has 1 saturated heterocycles. The van der Waals surface area contributed by atoms with E-state index in [2.05, 4.69) is 13.8 Å². The fourth-order valence-corrected chi connectivity index (χ4v) is 3.08. The number of rotatable bonds is 33. The van der Waals surface area contributed by atoms with Gasteiger partial charge in [0.25, 0.3) is 0 Å². The van der Waals surface area contributed by atoms with Gasteiger partial charge in [0.2, 0.25) is 0 Å². The van der Waals surface area contributed by atoms with Gasteiger partial charge in [-0.05, 0) is 32.6 Å². The van der Waals surface area contributed by atoms with Crippen molar-refractivity contribution in [2.75, 3.05) is 152 Å². The molecule has 282 valence electrons. The number of carboxylic acids is 1. The topological polar surface area (TPSA) is 165 Å². The van der Waals surface area contributed by atoms with Gasteiger partial charge in [0.05, 0.1) is 112 Å². The fraction of sp³-hybridized carbons (Fsp3) is 0.938. The van der Waals surface area contributed by atoms with Gasteiger partial charge >= 0.3 is 11.9 Å². The van der Waals surface area contributed by atoms with Crippen molar-refractivity contribution in [1.82, 2.24) is 0 Å². The summed E-state index contributed by atoms with van der Waals surface area (Å²) in [7, 11) is 0. The van der Waals surface area contributed by atoms with Gasteiger partial charge in [0.1, 0.15) is 13.2 Å². The number of carbonyl (C=O) groups excluding carboxylic acids is 1. The van der Waals surface area contributed by atoms with Gasteiger partial charge in [0, 0.05) is 26.4 Å². The highest BCUT2D eigenvalue weighted by Gasteiger charge is 2.01. The van der Waals surface area contributed by atoms with Crippen LogP contribution in [0.25, 0.3) is 0 Å². The van der Waals surface area contributed by atoms with E-state index in [4.69, 9.17) is 61.9 Å². The Morgan fingerprint density at radius 3 is 1.02 bits per heavy atom. The Labute approximate surface area is 282 Å². The number of hydrogen-bond acceptors (Lipinski definition) is 14. The first-order valence-corrected chi connectivity index (χ1v) is 16.8. The molecule has 0 unspecified atom stereocenters. The molecule has 0 radical (unpaired) electrons. The van der Waals surface area contributed by atoms with Crippen LogP contribution in [0.2, 0.25) is 0 Å². The van der Waals surface area contributed by atoms with Crippen LogP contribution in [0.5, 0.6) is 0 Å². The monoisotopic (exact) mass is 688 g/mol. The molecule has 15 heteroatoms. The van der Waals surface area contributed by atoms with Crippen molar-refractivity contribution in [1.29, 1.82) is 0 Å². The number of aliphatic carboxylic acids is 1. The van der Waals surface area contributed by atoms with Crippen LogP contribution < -0.4 is 0 Å². The highest BCUT2D eigenvalue weighted by atomic mass is 16.6. The summed E-state index contributed by atoms with van der Waals surface area (Å²) >= 11 is 0. The standard InChI is InChI=1S/C15H30O7.C13H26O7.C4H8O/c1-3-5-17-6-7-18-8-9-19-10-11-20-12-13-21-14-15(16)22-4-2;1-2-3-16-4-5-17-6-7-18-8-9-19-10-11-20-12-13(14)15;1-2-4-5-3-1/h3-14H2,1-2H3;2-12H2,1H3,(H,14,15);1-4H2. The van der Waals surface area contributed by atoms with Gasteiger partial charge in [-0.15, -0.1) is 0 Å². The second kappa shape index (κ2) is 44.5. The third-order valence-electron chi connectivity index (χ3n) is 5.25. The first-order valence-electron chi connectivity index (χ1n) is 16.8. The fourth-order valence-electron chi connectivity index (χ4n) is 3.08. The Balaban J connectivity index is 0. The number of carboxylic acid groups (broad SMARTS) is 1. The smallest absolute Gasteiger partial charge is 0.332 e. The largest absolute Gasteiger partial charge is 0.480 e. The molecule has 1 heterocycles. The zero-order valence-corrected chi connectivity index (χ0v) is 29.3. The molecule has 1 aliphatic rings. The second-order valence-electron chi connectivity index (χ2n) is 9.52. The Morgan fingerprint density at radius 1 is 0.468 bits per heavy atom. The molecule has 0 aromatic carbocycles. The Bertz CT molecular complexity index is 601.